The average Bonchev–Trinajstić information content (AvgIpc) is 3.11. The van der Waals surface area contributed by atoms with Gasteiger partial charge < -0.3 is 19.5 Å². The average molecular weight is 348 g/mol. The number of benzene rings is 1. The molecular weight excluding hydrogens is 328 g/mol. The highest BCUT2D eigenvalue weighted by molar-refractivity contribution is 5.94. The summed E-state index contributed by atoms with van der Waals surface area (Å²) >= 11 is 0. The van der Waals surface area contributed by atoms with Crippen molar-refractivity contribution in [2.24, 2.45) is 0 Å². The highest BCUT2D eigenvalue weighted by Gasteiger charge is 2.49. The molecular formula is C17H20N2O6. The summed E-state index contributed by atoms with van der Waals surface area (Å²) in [6, 6.07) is 6.28. The number of Topliss-reactive ketones (excluding diaryl/α,β-unsaturated/α-hetero) is 1. The van der Waals surface area contributed by atoms with Gasteiger partial charge in [-0.25, -0.2) is 4.79 Å². The van der Waals surface area contributed by atoms with Crippen molar-refractivity contribution in [1.82, 2.24) is 5.32 Å². The largest absolute Gasteiger partial charge is 0.441 e. The first-order valence-corrected chi connectivity index (χ1v) is 8.03. The fourth-order valence-electron chi connectivity index (χ4n) is 3.02. The van der Waals surface area contributed by atoms with Crippen LogP contribution < -0.4 is 10.6 Å². The van der Waals surface area contributed by atoms with Gasteiger partial charge >= 0.3 is 6.09 Å². The second-order valence-corrected chi connectivity index (χ2v) is 6.11. The van der Waals surface area contributed by atoms with Crippen molar-refractivity contribution in [3.05, 3.63) is 29.8 Å². The summed E-state index contributed by atoms with van der Waals surface area (Å²) < 4.78 is 16.6. The van der Waals surface area contributed by atoms with E-state index in [9.17, 15) is 14.4 Å². The molecule has 1 aromatic carbocycles. The van der Waals surface area contributed by atoms with Gasteiger partial charge in [0.1, 0.15) is 12.2 Å². The van der Waals surface area contributed by atoms with Gasteiger partial charge in [0.25, 0.3) is 0 Å². The minimum absolute atomic E-state index is 0.0459. The van der Waals surface area contributed by atoms with Gasteiger partial charge in [-0.2, -0.15) is 0 Å². The molecule has 0 bridgehead atoms. The molecule has 0 unspecified atom stereocenters. The normalized spacial score (nSPS) is 27.4. The van der Waals surface area contributed by atoms with Crippen LogP contribution in [0.1, 0.15) is 24.2 Å². The van der Waals surface area contributed by atoms with E-state index in [4.69, 9.17) is 14.2 Å². The Morgan fingerprint density at radius 2 is 1.72 bits per heavy atom. The monoisotopic (exact) mass is 348 g/mol. The Bertz CT molecular complexity index is 674. The van der Waals surface area contributed by atoms with E-state index < -0.39 is 18.3 Å². The summed E-state index contributed by atoms with van der Waals surface area (Å²) in [4.78, 5) is 34.5. The number of ether oxygens (including phenoxy) is 3. The SMILES string of the molecule is CC(=O)N[C@H]1CO[C@H]2[C@@H]1OC[C@H]2OC(=O)Nc1ccc(C(C)=O)cc1. The zero-order valence-electron chi connectivity index (χ0n) is 14.0. The van der Waals surface area contributed by atoms with Crippen LogP contribution in [0.2, 0.25) is 0 Å². The van der Waals surface area contributed by atoms with Gasteiger partial charge in [-0.15, -0.1) is 0 Å². The summed E-state index contributed by atoms with van der Waals surface area (Å²) in [5.41, 5.74) is 1.09. The topological polar surface area (TPSA) is 103 Å². The van der Waals surface area contributed by atoms with E-state index in [1.807, 2.05) is 0 Å². The lowest BCUT2D eigenvalue weighted by Crippen LogP contribution is -2.43. The lowest BCUT2D eigenvalue weighted by atomic mass is 10.1. The number of hydrogen-bond acceptors (Lipinski definition) is 6. The van der Waals surface area contributed by atoms with Gasteiger partial charge in [0, 0.05) is 18.2 Å². The molecule has 0 saturated carbocycles. The minimum atomic E-state index is -0.628. The van der Waals surface area contributed by atoms with Gasteiger partial charge in [-0.1, -0.05) is 0 Å². The predicted octanol–water partition coefficient (Wildman–Crippen LogP) is 1.11. The number of nitrogens with one attached hydrogen (secondary N) is 2. The number of carbonyl (C=O) groups excluding carboxylic acids is 3. The van der Waals surface area contributed by atoms with E-state index in [1.54, 1.807) is 24.3 Å². The van der Waals surface area contributed by atoms with Gasteiger partial charge in [0.15, 0.2) is 11.9 Å². The van der Waals surface area contributed by atoms with Crippen molar-refractivity contribution in [3.63, 3.8) is 0 Å². The molecule has 25 heavy (non-hydrogen) atoms. The van der Waals surface area contributed by atoms with Crippen LogP contribution >= 0.6 is 0 Å². The third kappa shape index (κ3) is 3.97. The third-order valence-corrected chi connectivity index (χ3v) is 4.19. The minimum Gasteiger partial charge on any atom is -0.441 e. The Balaban J connectivity index is 1.53. The number of anilines is 1. The van der Waals surface area contributed by atoms with Crippen molar-refractivity contribution in [2.45, 2.75) is 38.2 Å². The van der Waals surface area contributed by atoms with Crippen LogP contribution in [0.5, 0.6) is 0 Å². The second kappa shape index (κ2) is 7.20. The molecule has 3 rings (SSSR count). The molecule has 2 aliphatic heterocycles. The van der Waals surface area contributed by atoms with E-state index in [-0.39, 0.29) is 30.4 Å². The zero-order chi connectivity index (χ0) is 18.0. The number of rotatable bonds is 4. The summed E-state index contributed by atoms with van der Waals surface area (Å²) in [7, 11) is 0. The third-order valence-electron chi connectivity index (χ3n) is 4.19. The molecule has 4 atom stereocenters. The quantitative estimate of drug-likeness (QED) is 0.790. The number of carbonyl (C=O) groups is 3. The Morgan fingerprint density at radius 3 is 2.36 bits per heavy atom. The molecule has 2 aliphatic rings. The first kappa shape index (κ1) is 17.4. The summed E-state index contributed by atoms with van der Waals surface area (Å²) in [6.45, 7) is 3.44. The lowest BCUT2D eigenvalue weighted by molar-refractivity contribution is -0.120. The molecule has 1 aromatic rings. The Labute approximate surface area is 144 Å². The van der Waals surface area contributed by atoms with Crippen molar-refractivity contribution in [3.8, 4) is 0 Å². The van der Waals surface area contributed by atoms with Gasteiger partial charge in [-0.05, 0) is 31.2 Å². The molecule has 8 heteroatoms. The maximum atomic E-state index is 12.1. The molecule has 0 spiro atoms. The van der Waals surface area contributed by atoms with Crippen LogP contribution in [0.4, 0.5) is 10.5 Å². The molecule has 2 N–H and O–H groups in total. The molecule has 8 nitrogen and oxygen atoms in total. The molecule has 2 fully saturated rings. The summed E-state index contributed by atoms with van der Waals surface area (Å²) in [5, 5.41) is 5.37. The van der Waals surface area contributed by atoms with Crippen LogP contribution in [0.3, 0.4) is 0 Å². The maximum Gasteiger partial charge on any atom is 0.412 e. The van der Waals surface area contributed by atoms with Crippen molar-refractivity contribution in [2.75, 3.05) is 18.5 Å². The zero-order valence-corrected chi connectivity index (χ0v) is 14.0. The number of ketones is 1. The van der Waals surface area contributed by atoms with Gasteiger partial charge in [0.05, 0.1) is 19.3 Å². The van der Waals surface area contributed by atoms with Crippen LogP contribution in [0, 0.1) is 0 Å². The van der Waals surface area contributed by atoms with Crippen LogP contribution in [0.25, 0.3) is 0 Å². The number of amides is 2. The molecule has 2 saturated heterocycles. The molecule has 0 radical (unpaired) electrons. The smallest absolute Gasteiger partial charge is 0.412 e. The molecule has 134 valence electrons. The Hall–Kier alpha value is -2.45. The fraction of sp³-hybridized carbons (Fsp3) is 0.471. The van der Waals surface area contributed by atoms with E-state index in [0.29, 0.717) is 17.9 Å². The number of hydrogen-bond donors (Lipinski definition) is 2. The second-order valence-electron chi connectivity index (χ2n) is 6.11. The summed E-state index contributed by atoms with van der Waals surface area (Å²) in [6.07, 6.45) is -1.89. The molecule has 0 aromatic heterocycles. The van der Waals surface area contributed by atoms with Crippen molar-refractivity contribution in [1.29, 1.82) is 0 Å². The fourth-order valence-corrected chi connectivity index (χ4v) is 3.02. The van der Waals surface area contributed by atoms with Crippen LogP contribution in [0.15, 0.2) is 24.3 Å². The van der Waals surface area contributed by atoms with Crippen molar-refractivity contribution < 1.29 is 28.6 Å². The Morgan fingerprint density at radius 1 is 1.04 bits per heavy atom. The lowest BCUT2D eigenvalue weighted by Gasteiger charge is -2.17. The standard InChI is InChI=1S/C17H20N2O6/c1-9(20)11-3-5-12(6-4-11)19-17(22)25-14-8-24-15-13(18-10(2)21)7-23-16(14)15/h3-6,13-16H,7-8H2,1-2H3,(H,18,21)(H,19,22)/t13-,14+,15+,16+/m0/s1. The molecule has 2 amide bonds. The highest BCUT2D eigenvalue weighted by atomic mass is 16.6. The number of fused-ring (bicyclic) bond motifs is 1. The van der Waals surface area contributed by atoms with Crippen molar-refractivity contribution >= 4 is 23.5 Å². The van der Waals surface area contributed by atoms with Crippen LogP contribution in [-0.4, -0.2) is 55.4 Å². The van der Waals surface area contributed by atoms with E-state index in [1.165, 1.54) is 13.8 Å². The molecule has 0 aliphatic carbocycles. The van der Waals surface area contributed by atoms with E-state index in [2.05, 4.69) is 10.6 Å². The summed E-state index contributed by atoms with van der Waals surface area (Å²) in [5.74, 6) is -0.204. The Kier molecular flexibility index (Phi) is 5.00. The highest BCUT2D eigenvalue weighted by Crippen LogP contribution is 2.29. The van der Waals surface area contributed by atoms with Gasteiger partial charge in [-0.3, -0.25) is 14.9 Å². The molecule has 2 heterocycles. The first-order valence-electron chi connectivity index (χ1n) is 8.03. The maximum absolute atomic E-state index is 12.1. The van der Waals surface area contributed by atoms with E-state index >= 15 is 0 Å². The van der Waals surface area contributed by atoms with Crippen LogP contribution in [-0.2, 0) is 19.0 Å². The predicted molar refractivity (Wildman–Crippen MR) is 87.4 cm³/mol. The van der Waals surface area contributed by atoms with E-state index in [0.717, 1.165) is 0 Å². The first-order chi connectivity index (χ1) is 11.9. The van der Waals surface area contributed by atoms with Gasteiger partial charge in [0.2, 0.25) is 5.91 Å².